The smallest absolute Gasteiger partial charge is 0.237 e. The van der Waals surface area contributed by atoms with Crippen molar-refractivity contribution < 1.29 is 9.90 Å². The third-order valence-electron chi connectivity index (χ3n) is 3.66. The van der Waals surface area contributed by atoms with E-state index in [4.69, 9.17) is 0 Å². The zero-order valence-electron chi connectivity index (χ0n) is 11.3. The van der Waals surface area contributed by atoms with Gasteiger partial charge in [-0.05, 0) is 19.8 Å². The van der Waals surface area contributed by atoms with Crippen LogP contribution in [0.2, 0.25) is 0 Å². The van der Waals surface area contributed by atoms with Crippen molar-refractivity contribution in [1.29, 1.82) is 0 Å². The maximum absolute atomic E-state index is 11.8. The molecule has 1 heterocycles. The van der Waals surface area contributed by atoms with Crippen molar-refractivity contribution >= 4 is 5.91 Å². The molecule has 4 nitrogen and oxygen atoms in total. The SMILES string of the molecule is CCCCCNC(=O)C(C)N1CC(O)(CC)C1. The molecule has 2 N–H and O–H groups in total. The van der Waals surface area contributed by atoms with Crippen LogP contribution in [0, 0.1) is 0 Å². The number of hydrogen-bond acceptors (Lipinski definition) is 3. The number of carbonyl (C=O) groups is 1. The Bertz CT molecular complexity index is 250. The quantitative estimate of drug-likeness (QED) is 0.658. The van der Waals surface area contributed by atoms with Crippen LogP contribution < -0.4 is 5.32 Å². The predicted octanol–water partition coefficient (Wildman–Crippen LogP) is 1.14. The van der Waals surface area contributed by atoms with E-state index in [1.807, 2.05) is 18.7 Å². The summed E-state index contributed by atoms with van der Waals surface area (Å²) in [6, 6.07) is -0.122. The molecule has 0 aromatic carbocycles. The largest absolute Gasteiger partial charge is 0.387 e. The third-order valence-corrected chi connectivity index (χ3v) is 3.66. The Morgan fingerprint density at radius 1 is 1.41 bits per heavy atom. The number of nitrogens with zero attached hydrogens (tertiary/aromatic N) is 1. The van der Waals surface area contributed by atoms with E-state index in [0.717, 1.165) is 25.8 Å². The van der Waals surface area contributed by atoms with Crippen molar-refractivity contribution in [1.82, 2.24) is 10.2 Å². The number of carbonyl (C=O) groups excluding carboxylic acids is 1. The molecule has 4 heteroatoms. The molecule has 1 atom stereocenters. The summed E-state index contributed by atoms with van der Waals surface area (Å²) in [4.78, 5) is 13.8. The topological polar surface area (TPSA) is 52.6 Å². The van der Waals surface area contributed by atoms with Crippen LogP contribution in [0.3, 0.4) is 0 Å². The Hall–Kier alpha value is -0.610. The highest BCUT2D eigenvalue weighted by Crippen LogP contribution is 2.25. The first-order chi connectivity index (χ1) is 8.02. The minimum Gasteiger partial charge on any atom is -0.387 e. The molecule has 1 fully saturated rings. The fourth-order valence-corrected chi connectivity index (χ4v) is 2.11. The summed E-state index contributed by atoms with van der Waals surface area (Å²) in [6.07, 6.45) is 4.14. The zero-order chi connectivity index (χ0) is 12.9. The van der Waals surface area contributed by atoms with Gasteiger partial charge in [-0.15, -0.1) is 0 Å². The molecular formula is C13H26N2O2. The number of rotatable bonds is 7. The number of hydrogen-bond donors (Lipinski definition) is 2. The fraction of sp³-hybridized carbons (Fsp3) is 0.923. The van der Waals surface area contributed by atoms with E-state index in [0.29, 0.717) is 13.1 Å². The molecule has 0 spiro atoms. The van der Waals surface area contributed by atoms with Gasteiger partial charge in [-0.1, -0.05) is 26.7 Å². The molecule has 1 amide bonds. The summed E-state index contributed by atoms with van der Waals surface area (Å²) < 4.78 is 0. The molecule has 0 saturated carbocycles. The van der Waals surface area contributed by atoms with Crippen molar-refractivity contribution in [3.8, 4) is 0 Å². The molecule has 1 aliphatic rings. The summed E-state index contributed by atoms with van der Waals surface area (Å²) in [5.74, 6) is 0.0826. The van der Waals surface area contributed by atoms with Crippen molar-refractivity contribution in [2.24, 2.45) is 0 Å². The Balaban J connectivity index is 2.20. The first-order valence-electron chi connectivity index (χ1n) is 6.76. The van der Waals surface area contributed by atoms with E-state index >= 15 is 0 Å². The van der Waals surface area contributed by atoms with Gasteiger partial charge in [0, 0.05) is 19.6 Å². The molecule has 0 bridgehead atoms. The van der Waals surface area contributed by atoms with Gasteiger partial charge in [-0.2, -0.15) is 0 Å². The van der Waals surface area contributed by atoms with Crippen molar-refractivity contribution in [3.63, 3.8) is 0 Å². The average molecular weight is 242 g/mol. The average Bonchev–Trinajstić information content (AvgIpc) is 2.29. The normalized spacial score (nSPS) is 20.7. The molecular weight excluding hydrogens is 216 g/mol. The Morgan fingerprint density at radius 2 is 2.06 bits per heavy atom. The van der Waals surface area contributed by atoms with Gasteiger partial charge in [0.2, 0.25) is 5.91 Å². The van der Waals surface area contributed by atoms with E-state index in [-0.39, 0.29) is 11.9 Å². The highest BCUT2D eigenvalue weighted by Gasteiger charge is 2.42. The van der Waals surface area contributed by atoms with Crippen molar-refractivity contribution in [2.45, 2.75) is 58.1 Å². The lowest BCUT2D eigenvalue weighted by Gasteiger charge is -2.48. The molecule has 100 valence electrons. The van der Waals surface area contributed by atoms with Gasteiger partial charge < -0.3 is 10.4 Å². The second-order valence-corrected chi connectivity index (χ2v) is 5.16. The van der Waals surface area contributed by atoms with Crippen LogP contribution in [0.25, 0.3) is 0 Å². The molecule has 17 heavy (non-hydrogen) atoms. The number of likely N-dealkylation sites (tertiary alicyclic amines) is 1. The number of unbranched alkanes of at least 4 members (excludes halogenated alkanes) is 2. The predicted molar refractivity (Wildman–Crippen MR) is 68.8 cm³/mol. The second kappa shape index (κ2) is 6.36. The lowest BCUT2D eigenvalue weighted by molar-refractivity contribution is -0.142. The van der Waals surface area contributed by atoms with E-state index in [9.17, 15) is 9.90 Å². The number of β-amino-alcohol motifs (C(OH)–C–C–N with tert-alkyl or cyclic N) is 1. The van der Waals surface area contributed by atoms with Crippen LogP contribution in [-0.4, -0.2) is 47.2 Å². The van der Waals surface area contributed by atoms with Crippen LogP contribution in [0.15, 0.2) is 0 Å². The fourth-order valence-electron chi connectivity index (χ4n) is 2.11. The van der Waals surface area contributed by atoms with Gasteiger partial charge in [0.1, 0.15) is 0 Å². The molecule has 1 rings (SSSR count). The van der Waals surface area contributed by atoms with Crippen molar-refractivity contribution in [3.05, 3.63) is 0 Å². The second-order valence-electron chi connectivity index (χ2n) is 5.16. The van der Waals surface area contributed by atoms with Gasteiger partial charge in [0.15, 0.2) is 0 Å². The lowest BCUT2D eigenvalue weighted by Crippen LogP contribution is -2.66. The van der Waals surface area contributed by atoms with Crippen LogP contribution in [0.5, 0.6) is 0 Å². The van der Waals surface area contributed by atoms with Gasteiger partial charge in [-0.25, -0.2) is 0 Å². The van der Waals surface area contributed by atoms with E-state index in [1.54, 1.807) is 0 Å². The number of aliphatic hydroxyl groups is 1. The van der Waals surface area contributed by atoms with Crippen LogP contribution in [0.4, 0.5) is 0 Å². The van der Waals surface area contributed by atoms with Gasteiger partial charge >= 0.3 is 0 Å². The highest BCUT2D eigenvalue weighted by molar-refractivity contribution is 5.81. The lowest BCUT2D eigenvalue weighted by atomic mass is 9.90. The Morgan fingerprint density at radius 3 is 2.59 bits per heavy atom. The molecule has 0 aliphatic carbocycles. The molecule has 1 saturated heterocycles. The molecule has 0 aromatic heterocycles. The maximum atomic E-state index is 11.8. The number of nitrogens with one attached hydrogen (secondary N) is 1. The summed E-state index contributed by atoms with van der Waals surface area (Å²) >= 11 is 0. The zero-order valence-corrected chi connectivity index (χ0v) is 11.3. The maximum Gasteiger partial charge on any atom is 0.237 e. The first-order valence-corrected chi connectivity index (χ1v) is 6.76. The summed E-state index contributed by atoms with van der Waals surface area (Å²) in [5.41, 5.74) is -0.559. The summed E-state index contributed by atoms with van der Waals surface area (Å²) in [7, 11) is 0. The summed E-state index contributed by atoms with van der Waals surface area (Å²) in [5, 5.41) is 12.8. The highest BCUT2D eigenvalue weighted by atomic mass is 16.3. The first kappa shape index (κ1) is 14.5. The standard InChI is InChI=1S/C13H26N2O2/c1-4-6-7-8-14-12(16)11(3)15-9-13(17,5-2)10-15/h11,17H,4-10H2,1-3H3,(H,14,16). The Kier molecular flexibility index (Phi) is 5.40. The van der Waals surface area contributed by atoms with Crippen LogP contribution in [0.1, 0.15) is 46.5 Å². The minimum atomic E-state index is -0.559. The van der Waals surface area contributed by atoms with Gasteiger partial charge in [-0.3, -0.25) is 9.69 Å². The van der Waals surface area contributed by atoms with E-state index < -0.39 is 5.60 Å². The van der Waals surface area contributed by atoms with Crippen LogP contribution >= 0.6 is 0 Å². The molecule has 1 unspecified atom stereocenters. The number of amides is 1. The monoisotopic (exact) mass is 242 g/mol. The van der Waals surface area contributed by atoms with Crippen LogP contribution in [-0.2, 0) is 4.79 Å². The molecule has 1 aliphatic heterocycles. The minimum absolute atomic E-state index is 0.0826. The van der Waals surface area contributed by atoms with Gasteiger partial charge in [0.25, 0.3) is 0 Å². The molecule has 0 radical (unpaired) electrons. The summed E-state index contributed by atoms with van der Waals surface area (Å²) in [6.45, 7) is 8.04. The molecule has 0 aromatic rings. The van der Waals surface area contributed by atoms with E-state index in [1.165, 1.54) is 6.42 Å². The van der Waals surface area contributed by atoms with Crippen molar-refractivity contribution in [2.75, 3.05) is 19.6 Å². The van der Waals surface area contributed by atoms with Gasteiger partial charge in [0.05, 0.1) is 11.6 Å². The third kappa shape index (κ3) is 3.96. The van der Waals surface area contributed by atoms with E-state index in [2.05, 4.69) is 12.2 Å². The Labute approximate surface area is 104 Å².